The minimum atomic E-state index is 0.118. The molecule has 18 heavy (non-hydrogen) atoms. The standard InChI is InChI=1S/C15H22N2O/c1-15(2,3)12-5-7-13(8-6-12)17-10-4-9-16-14(18)11-17/h5-8H,4,9-11H2,1-3H3,(H,16,18). The zero-order chi connectivity index (χ0) is 13.2. The molecule has 2 rings (SSSR count). The van der Waals surface area contributed by atoms with E-state index < -0.39 is 0 Å². The van der Waals surface area contributed by atoms with Crippen LogP contribution in [-0.4, -0.2) is 25.5 Å². The summed E-state index contributed by atoms with van der Waals surface area (Å²) in [5, 5.41) is 2.90. The summed E-state index contributed by atoms with van der Waals surface area (Å²) < 4.78 is 0. The number of nitrogens with zero attached hydrogens (tertiary/aromatic N) is 1. The van der Waals surface area contributed by atoms with Crippen molar-refractivity contribution < 1.29 is 4.79 Å². The molecule has 1 saturated heterocycles. The van der Waals surface area contributed by atoms with Gasteiger partial charge in [-0.3, -0.25) is 4.79 Å². The van der Waals surface area contributed by atoms with Gasteiger partial charge in [0.1, 0.15) is 0 Å². The summed E-state index contributed by atoms with van der Waals surface area (Å²) in [5.41, 5.74) is 2.64. The van der Waals surface area contributed by atoms with Gasteiger partial charge in [-0.2, -0.15) is 0 Å². The smallest absolute Gasteiger partial charge is 0.239 e. The lowest BCUT2D eigenvalue weighted by Gasteiger charge is -2.24. The molecule has 0 radical (unpaired) electrons. The maximum absolute atomic E-state index is 11.5. The third-order valence-corrected chi connectivity index (χ3v) is 3.36. The highest BCUT2D eigenvalue weighted by Crippen LogP contribution is 2.25. The molecule has 1 amide bonds. The number of amides is 1. The second kappa shape index (κ2) is 5.01. The molecule has 0 aliphatic carbocycles. The van der Waals surface area contributed by atoms with Crippen LogP contribution in [0.25, 0.3) is 0 Å². The van der Waals surface area contributed by atoms with Crippen molar-refractivity contribution in [3.05, 3.63) is 29.8 Å². The zero-order valence-corrected chi connectivity index (χ0v) is 11.5. The van der Waals surface area contributed by atoms with Crippen molar-refractivity contribution in [1.29, 1.82) is 0 Å². The van der Waals surface area contributed by atoms with E-state index in [1.807, 2.05) is 0 Å². The Morgan fingerprint density at radius 2 is 1.83 bits per heavy atom. The highest BCUT2D eigenvalue weighted by molar-refractivity contribution is 5.81. The van der Waals surface area contributed by atoms with Crippen LogP contribution in [0.15, 0.2) is 24.3 Å². The number of hydrogen-bond acceptors (Lipinski definition) is 2. The second-order valence-corrected chi connectivity index (χ2v) is 5.92. The van der Waals surface area contributed by atoms with Gasteiger partial charge in [0.15, 0.2) is 0 Å². The minimum absolute atomic E-state index is 0.118. The first-order chi connectivity index (χ1) is 8.47. The van der Waals surface area contributed by atoms with E-state index in [1.54, 1.807) is 0 Å². The highest BCUT2D eigenvalue weighted by Gasteiger charge is 2.17. The Morgan fingerprint density at radius 3 is 2.44 bits per heavy atom. The van der Waals surface area contributed by atoms with Crippen molar-refractivity contribution in [2.45, 2.75) is 32.6 Å². The Labute approximate surface area is 109 Å². The summed E-state index contributed by atoms with van der Waals surface area (Å²) in [4.78, 5) is 13.7. The number of hydrogen-bond donors (Lipinski definition) is 1. The van der Waals surface area contributed by atoms with E-state index in [4.69, 9.17) is 0 Å². The normalized spacial score (nSPS) is 17.3. The molecule has 98 valence electrons. The van der Waals surface area contributed by atoms with Crippen LogP contribution in [0.4, 0.5) is 5.69 Å². The summed E-state index contributed by atoms with van der Waals surface area (Å²) in [6, 6.07) is 8.58. The van der Waals surface area contributed by atoms with Gasteiger partial charge in [-0.15, -0.1) is 0 Å². The van der Waals surface area contributed by atoms with Crippen molar-refractivity contribution >= 4 is 11.6 Å². The molecule has 3 nitrogen and oxygen atoms in total. The van der Waals surface area contributed by atoms with Crippen molar-refractivity contribution in [3.8, 4) is 0 Å². The van der Waals surface area contributed by atoms with Gasteiger partial charge >= 0.3 is 0 Å². The first kappa shape index (κ1) is 12.9. The fourth-order valence-corrected chi connectivity index (χ4v) is 2.20. The number of anilines is 1. The number of rotatable bonds is 1. The summed E-state index contributed by atoms with van der Waals surface area (Å²) >= 11 is 0. The average molecular weight is 246 g/mol. The molecule has 0 saturated carbocycles. The van der Waals surface area contributed by atoms with Crippen molar-refractivity contribution in [2.75, 3.05) is 24.5 Å². The SMILES string of the molecule is CC(C)(C)c1ccc(N2CCCNC(=O)C2)cc1. The summed E-state index contributed by atoms with van der Waals surface area (Å²) in [6.45, 7) is 8.82. The molecule has 0 aromatic heterocycles. The molecule has 0 atom stereocenters. The van der Waals surface area contributed by atoms with Crippen LogP contribution in [0.1, 0.15) is 32.8 Å². The van der Waals surface area contributed by atoms with E-state index in [9.17, 15) is 4.79 Å². The first-order valence-electron chi connectivity index (χ1n) is 6.59. The molecule has 1 aliphatic heterocycles. The summed E-state index contributed by atoms with van der Waals surface area (Å²) in [5.74, 6) is 0.118. The van der Waals surface area contributed by atoms with Crippen LogP contribution in [0.2, 0.25) is 0 Å². The number of benzene rings is 1. The summed E-state index contributed by atoms with van der Waals surface area (Å²) in [6.07, 6.45) is 1.01. The lowest BCUT2D eigenvalue weighted by atomic mass is 9.87. The van der Waals surface area contributed by atoms with Gasteiger partial charge in [0, 0.05) is 18.8 Å². The Bertz CT molecular complexity index is 417. The van der Waals surface area contributed by atoms with Crippen LogP contribution < -0.4 is 10.2 Å². The van der Waals surface area contributed by atoms with E-state index in [0.717, 1.165) is 25.2 Å². The number of nitrogens with one attached hydrogen (secondary N) is 1. The van der Waals surface area contributed by atoms with Gasteiger partial charge in [-0.1, -0.05) is 32.9 Å². The van der Waals surface area contributed by atoms with E-state index in [-0.39, 0.29) is 11.3 Å². The molecule has 1 aromatic rings. The average Bonchev–Trinajstić information content (AvgIpc) is 2.53. The number of carbonyl (C=O) groups excluding carboxylic acids is 1. The van der Waals surface area contributed by atoms with E-state index in [0.29, 0.717) is 6.54 Å². The zero-order valence-electron chi connectivity index (χ0n) is 11.5. The van der Waals surface area contributed by atoms with Crippen LogP contribution in [-0.2, 0) is 10.2 Å². The first-order valence-corrected chi connectivity index (χ1v) is 6.59. The van der Waals surface area contributed by atoms with Gasteiger partial charge in [-0.05, 0) is 29.5 Å². The minimum Gasteiger partial charge on any atom is -0.362 e. The maximum atomic E-state index is 11.5. The monoisotopic (exact) mass is 246 g/mol. The lowest BCUT2D eigenvalue weighted by Crippen LogP contribution is -2.33. The third-order valence-electron chi connectivity index (χ3n) is 3.36. The van der Waals surface area contributed by atoms with Crippen LogP contribution in [0.3, 0.4) is 0 Å². The van der Waals surface area contributed by atoms with Gasteiger partial charge in [0.2, 0.25) is 5.91 Å². The van der Waals surface area contributed by atoms with Crippen LogP contribution >= 0.6 is 0 Å². The lowest BCUT2D eigenvalue weighted by molar-refractivity contribution is -0.119. The van der Waals surface area contributed by atoms with Crippen molar-refractivity contribution in [3.63, 3.8) is 0 Å². The molecule has 1 heterocycles. The maximum Gasteiger partial charge on any atom is 0.239 e. The molecular formula is C15H22N2O. The van der Waals surface area contributed by atoms with Crippen LogP contribution in [0.5, 0.6) is 0 Å². The molecule has 0 unspecified atom stereocenters. The molecule has 1 aromatic carbocycles. The van der Waals surface area contributed by atoms with E-state index >= 15 is 0 Å². The quantitative estimate of drug-likeness (QED) is 0.824. The van der Waals surface area contributed by atoms with Crippen molar-refractivity contribution in [2.24, 2.45) is 0 Å². The molecule has 0 bridgehead atoms. The van der Waals surface area contributed by atoms with Crippen LogP contribution in [0, 0.1) is 0 Å². The summed E-state index contributed by atoms with van der Waals surface area (Å²) in [7, 11) is 0. The van der Waals surface area contributed by atoms with Gasteiger partial charge in [-0.25, -0.2) is 0 Å². The molecule has 3 heteroatoms. The predicted octanol–water partition coefficient (Wildman–Crippen LogP) is 2.31. The predicted molar refractivity (Wildman–Crippen MR) is 75.0 cm³/mol. The van der Waals surface area contributed by atoms with Crippen molar-refractivity contribution in [1.82, 2.24) is 5.32 Å². The highest BCUT2D eigenvalue weighted by atomic mass is 16.2. The molecular weight excluding hydrogens is 224 g/mol. The molecule has 1 aliphatic rings. The Morgan fingerprint density at radius 1 is 1.17 bits per heavy atom. The second-order valence-electron chi connectivity index (χ2n) is 5.92. The fourth-order valence-electron chi connectivity index (χ4n) is 2.20. The molecule has 0 spiro atoms. The fraction of sp³-hybridized carbons (Fsp3) is 0.533. The Balaban J connectivity index is 2.16. The topological polar surface area (TPSA) is 32.3 Å². The van der Waals surface area contributed by atoms with E-state index in [1.165, 1.54) is 5.56 Å². The van der Waals surface area contributed by atoms with E-state index in [2.05, 4.69) is 55.3 Å². The molecule has 1 fully saturated rings. The number of carbonyl (C=O) groups is 1. The van der Waals surface area contributed by atoms with Gasteiger partial charge < -0.3 is 10.2 Å². The molecule has 1 N–H and O–H groups in total. The van der Waals surface area contributed by atoms with Gasteiger partial charge in [0.05, 0.1) is 6.54 Å². The Hall–Kier alpha value is -1.51. The third kappa shape index (κ3) is 3.03. The van der Waals surface area contributed by atoms with Gasteiger partial charge in [0.25, 0.3) is 0 Å². The largest absolute Gasteiger partial charge is 0.362 e. The Kier molecular flexibility index (Phi) is 3.60.